The molecule has 7 N–H and O–H groups in total. The number of aliphatic hydroxyl groups is 1. The SMILES string of the molecule is NC(=O)C[C@H](NC(=O)c1ccc2ccccc2c1)C(=O)N[C@@H](Cc1ccccc1)[C@H](O)CN1CSC[C@H]1C(N)=O. The van der Waals surface area contributed by atoms with Gasteiger partial charge < -0.3 is 27.2 Å². The first-order valence-electron chi connectivity index (χ1n) is 12.9. The molecule has 210 valence electrons. The van der Waals surface area contributed by atoms with Crippen LogP contribution < -0.4 is 22.1 Å². The lowest BCUT2D eigenvalue weighted by Crippen LogP contribution is -2.56. The number of fused-ring (bicyclic) bond motifs is 1. The fourth-order valence-electron chi connectivity index (χ4n) is 4.70. The van der Waals surface area contributed by atoms with Crippen molar-refractivity contribution in [2.24, 2.45) is 11.5 Å². The van der Waals surface area contributed by atoms with Crippen molar-refractivity contribution in [1.29, 1.82) is 0 Å². The van der Waals surface area contributed by atoms with Gasteiger partial charge in [-0.25, -0.2) is 0 Å². The number of nitrogens with zero attached hydrogens (tertiary/aromatic N) is 1. The molecule has 10 nitrogen and oxygen atoms in total. The summed E-state index contributed by atoms with van der Waals surface area (Å²) in [5, 5.41) is 18.5. The predicted octanol–water partition coefficient (Wildman–Crippen LogP) is 0.762. The van der Waals surface area contributed by atoms with Crippen LogP contribution in [0.15, 0.2) is 72.8 Å². The summed E-state index contributed by atoms with van der Waals surface area (Å²) in [4.78, 5) is 52.0. The van der Waals surface area contributed by atoms with E-state index < -0.39 is 54.3 Å². The van der Waals surface area contributed by atoms with Gasteiger partial charge in [0.1, 0.15) is 6.04 Å². The Kier molecular flexibility index (Phi) is 9.75. The second-order valence-electron chi connectivity index (χ2n) is 9.82. The first-order chi connectivity index (χ1) is 19.2. The number of hydrogen-bond donors (Lipinski definition) is 5. The minimum atomic E-state index is -1.26. The van der Waals surface area contributed by atoms with E-state index in [0.29, 0.717) is 17.2 Å². The second kappa shape index (κ2) is 13.4. The summed E-state index contributed by atoms with van der Waals surface area (Å²) in [6.07, 6.45) is -1.22. The monoisotopic (exact) mass is 563 g/mol. The molecule has 0 bridgehead atoms. The number of carbonyl (C=O) groups is 4. The Bertz CT molecular complexity index is 1370. The number of nitrogens with two attached hydrogens (primary N) is 2. The van der Waals surface area contributed by atoms with Crippen molar-refractivity contribution in [3.05, 3.63) is 83.9 Å². The van der Waals surface area contributed by atoms with Crippen LogP contribution in [0, 0.1) is 0 Å². The van der Waals surface area contributed by atoms with E-state index in [1.165, 1.54) is 11.8 Å². The van der Waals surface area contributed by atoms with Crippen molar-refractivity contribution < 1.29 is 24.3 Å². The molecule has 1 aliphatic rings. The van der Waals surface area contributed by atoms with Gasteiger partial charge in [0.2, 0.25) is 17.7 Å². The van der Waals surface area contributed by atoms with E-state index in [2.05, 4.69) is 10.6 Å². The lowest BCUT2D eigenvalue weighted by molar-refractivity contribution is -0.128. The van der Waals surface area contributed by atoms with Crippen LogP contribution in [0.5, 0.6) is 0 Å². The number of aliphatic hydroxyl groups excluding tert-OH is 1. The highest BCUT2D eigenvalue weighted by atomic mass is 32.2. The second-order valence-corrected chi connectivity index (χ2v) is 10.8. The maximum Gasteiger partial charge on any atom is 0.251 e. The largest absolute Gasteiger partial charge is 0.390 e. The lowest BCUT2D eigenvalue weighted by Gasteiger charge is -2.30. The van der Waals surface area contributed by atoms with Gasteiger partial charge >= 0.3 is 0 Å². The molecule has 4 atom stereocenters. The number of amides is 4. The zero-order valence-corrected chi connectivity index (χ0v) is 22.7. The molecule has 0 radical (unpaired) electrons. The van der Waals surface area contributed by atoms with Gasteiger partial charge in [0.25, 0.3) is 5.91 Å². The highest BCUT2D eigenvalue weighted by Crippen LogP contribution is 2.22. The molecule has 0 saturated carbocycles. The average molecular weight is 564 g/mol. The summed E-state index contributed by atoms with van der Waals surface area (Å²) >= 11 is 1.53. The van der Waals surface area contributed by atoms with Crippen LogP contribution in [-0.2, 0) is 20.8 Å². The number of hydrogen-bond acceptors (Lipinski definition) is 7. The Balaban J connectivity index is 1.51. The molecular formula is C29H33N5O5S. The molecule has 3 aromatic carbocycles. The van der Waals surface area contributed by atoms with Gasteiger partial charge in [-0.15, -0.1) is 11.8 Å². The zero-order chi connectivity index (χ0) is 28.6. The molecule has 4 rings (SSSR count). The number of β-amino-alcohol motifs (C(OH)–C–C–N with tert-alkyl or cyclic N) is 1. The van der Waals surface area contributed by atoms with Crippen LogP contribution in [0.4, 0.5) is 0 Å². The van der Waals surface area contributed by atoms with Crippen LogP contribution in [0.3, 0.4) is 0 Å². The molecule has 4 amide bonds. The van der Waals surface area contributed by atoms with Crippen LogP contribution in [0.1, 0.15) is 22.3 Å². The Hall–Kier alpha value is -3.93. The molecule has 0 aliphatic carbocycles. The molecule has 11 heteroatoms. The van der Waals surface area contributed by atoms with Crippen LogP contribution in [-0.4, -0.2) is 76.0 Å². The summed E-state index contributed by atoms with van der Waals surface area (Å²) in [6.45, 7) is 0.0995. The number of nitrogens with one attached hydrogen (secondary N) is 2. The Labute approximate surface area is 236 Å². The van der Waals surface area contributed by atoms with E-state index in [-0.39, 0.29) is 13.0 Å². The van der Waals surface area contributed by atoms with Crippen molar-refractivity contribution in [2.45, 2.75) is 37.1 Å². The lowest BCUT2D eigenvalue weighted by atomic mass is 9.99. The third-order valence-corrected chi connectivity index (χ3v) is 7.92. The smallest absolute Gasteiger partial charge is 0.251 e. The van der Waals surface area contributed by atoms with Crippen molar-refractivity contribution in [1.82, 2.24) is 15.5 Å². The molecule has 0 unspecified atom stereocenters. The zero-order valence-electron chi connectivity index (χ0n) is 21.9. The maximum atomic E-state index is 13.4. The fraction of sp³-hybridized carbons (Fsp3) is 0.310. The molecule has 0 spiro atoms. The van der Waals surface area contributed by atoms with Crippen molar-refractivity contribution in [3.8, 4) is 0 Å². The van der Waals surface area contributed by atoms with E-state index in [4.69, 9.17) is 11.5 Å². The highest BCUT2D eigenvalue weighted by molar-refractivity contribution is 7.99. The molecule has 1 fully saturated rings. The van der Waals surface area contributed by atoms with E-state index in [1.54, 1.807) is 23.1 Å². The predicted molar refractivity (Wildman–Crippen MR) is 154 cm³/mol. The molecule has 3 aromatic rings. The number of carbonyl (C=O) groups excluding carboxylic acids is 4. The average Bonchev–Trinajstić information content (AvgIpc) is 3.40. The summed E-state index contributed by atoms with van der Waals surface area (Å²) < 4.78 is 0. The van der Waals surface area contributed by atoms with E-state index in [9.17, 15) is 24.3 Å². The molecule has 40 heavy (non-hydrogen) atoms. The molecule has 0 aromatic heterocycles. The fourth-order valence-corrected chi connectivity index (χ4v) is 5.93. The highest BCUT2D eigenvalue weighted by Gasteiger charge is 2.34. The minimum absolute atomic E-state index is 0.0995. The van der Waals surface area contributed by atoms with Crippen molar-refractivity contribution in [3.63, 3.8) is 0 Å². The molecule has 1 heterocycles. The number of rotatable bonds is 12. The molecule has 1 saturated heterocycles. The standard InChI is InChI=1S/C29H33N5O5S/c30-26(36)14-23(33-28(38)21-11-10-19-8-4-5-9-20(19)13-21)29(39)32-22(12-18-6-2-1-3-7-18)25(35)15-34-17-40-16-24(34)27(31)37/h1-11,13,22-25,35H,12,14-17H2,(H2,30,36)(H2,31,37)(H,32,39)(H,33,38)/t22-,23-,24-,25+/m0/s1. The first-order valence-corrected chi connectivity index (χ1v) is 14.1. The number of thioether (sulfide) groups is 1. The van der Waals surface area contributed by atoms with Crippen LogP contribution in [0.25, 0.3) is 10.8 Å². The number of benzene rings is 3. The molecule has 1 aliphatic heterocycles. The van der Waals surface area contributed by atoms with E-state index in [0.717, 1.165) is 16.3 Å². The van der Waals surface area contributed by atoms with Crippen molar-refractivity contribution >= 4 is 46.2 Å². The Morgan fingerprint density at radius 2 is 1.65 bits per heavy atom. The quantitative estimate of drug-likeness (QED) is 0.217. The van der Waals surface area contributed by atoms with E-state index >= 15 is 0 Å². The first kappa shape index (κ1) is 29.1. The maximum absolute atomic E-state index is 13.4. The van der Waals surface area contributed by atoms with Crippen LogP contribution in [0.2, 0.25) is 0 Å². The third kappa shape index (κ3) is 7.59. The summed E-state index contributed by atoms with van der Waals surface area (Å²) in [5.41, 5.74) is 12.1. The summed E-state index contributed by atoms with van der Waals surface area (Å²) in [6, 6.07) is 19.4. The van der Waals surface area contributed by atoms with Crippen molar-refractivity contribution in [2.75, 3.05) is 18.2 Å². The van der Waals surface area contributed by atoms with Gasteiger partial charge in [-0.3, -0.25) is 24.1 Å². The van der Waals surface area contributed by atoms with Gasteiger partial charge in [0, 0.05) is 23.7 Å². The minimum Gasteiger partial charge on any atom is -0.390 e. The Morgan fingerprint density at radius 1 is 0.950 bits per heavy atom. The summed E-state index contributed by atoms with van der Waals surface area (Å²) in [5.74, 6) is -1.39. The van der Waals surface area contributed by atoms with Gasteiger partial charge in [-0.05, 0) is 34.9 Å². The van der Waals surface area contributed by atoms with Crippen LogP contribution >= 0.6 is 11.8 Å². The van der Waals surface area contributed by atoms with Gasteiger partial charge in [-0.2, -0.15) is 0 Å². The topological polar surface area (TPSA) is 168 Å². The Morgan fingerprint density at radius 3 is 2.35 bits per heavy atom. The normalized spacial score (nSPS) is 17.6. The summed E-state index contributed by atoms with van der Waals surface area (Å²) in [7, 11) is 0. The van der Waals surface area contributed by atoms with Gasteiger partial charge in [0.15, 0.2) is 0 Å². The van der Waals surface area contributed by atoms with Gasteiger partial charge in [0.05, 0.1) is 24.6 Å². The number of primary amides is 2. The molecular weight excluding hydrogens is 530 g/mol. The van der Waals surface area contributed by atoms with E-state index in [1.807, 2.05) is 54.6 Å². The van der Waals surface area contributed by atoms with Gasteiger partial charge in [-0.1, -0.05) is 60.7 Å². The third-order valence-electron chi connectivity index (χ3n) is 6.85.